The van der Waals surface area contributed by atoms with Gasteiger partial charge in [-0.2, -0.15) is 11.8 Å². The predicted molar refractivity (Wildman–Crippen MR) is 249 cm³/mol. The van der Waals surface area contributed by atoms with E-state index in [4.69, 9.17) is 39.2 Å². The zero-order valence-electron chi connectivity index (χ0n) is 38.3. The van der Waals surface area contributed by atoms with Gasteiger partial charge in [0.1, 0.15) is 0 Å². The normalized spacial score (nSPS) is 13.0. The Labute approximate surface area is 367 Å². The average Bonchev–Trinajstić information content (AvgIpc) is 3.21. The minimum Gasteiger partial charge on any atom is -0.379 e. The number of nitrogens with one attached hydrogen (secondary N) is 1. The summed E-state index contributed by atoms with van der Waals surface area (Å²) in [5.41, 5.74) is 6.21. The molecule has 5 N–H and O–H groups in total. The standard InChI is InChI=1S/C46H95N2O9PS/c1-3-5-7-9-11-13-15-17-19-21-23-25-27-29-32-56-41-44(57-33-30-28-26-24-22-20-18-16-14-12-10-8-6-4-2)42-59-43-45(47)46(49)48-31-34-53-35-36-54-37-38-55-39-40-58(50,51)52/h44-45H,3-43,47H2,1-2H3,(H,48,49)(H2,50,51,52)/t44-,45-/m1/s1. The number of hydrogen-bond donors (Lipinski definition) is 4. The molecule has 0 aliphatic heterocycles. The molecule has 0 aliphatic carbocycles. The fourth-order valence-corrected chi connectivity index (χ4v) is 8.17. The summed E-state index contributed by atoms with van der Waals surface area (Å²) in [4.78, 5) is 30.2. The molecule has 59 heavy (non-hydrogen) atoms. The monoisotopic (exact) mass is 883 g/mol. The quantitative estimate of drug-likeness (QED) is 0.0340. The molecule has 11 nitrogen and oxygen atoms in total. The minimum absolute atomic E-state index is 0.00753. The highest BCUT2D eigenvalue weighted by Gasteiger charge is 2.16. The molecular formula is C46H95N2O9PS. The summed E-state index contributed by atoms with van der Waals surface area (Å²) < 4.78 is 39.2. The first-order valence-corrected chi connectivity index (χ1v) is 27.3. The van der Waals surface area contributed by atoms with E-state index in [0.717, 1.165) is 31.8 Å². The number of nitrogens with two attached hydrogens (primary N) is 1. The van der Waals surface area contributed by atoms with Crippen LogP contribution in [-0.2, 0) is 33.0 Å². The number of carbonyl (C=O) groups is 1. The summed E-state index contributed by atoms with van der Waals surface area (Å²) in [7, 11) is -4.03. The lowest BCUT2D eigenvalue weighted by atomic mass is 10.0. The summed E-state index contributed by atoms with van der Waals surface area (Å²) in [5, 5.41) is 2.84. The van der Waals surface area contributed by atoms with E-state index in [1.165, 1.54) is 167 Å². The molecule has 13 heteroatoms. The van der Waals surface area contributed by atoms with Crippen LogP contribution in [-0.4, -0.2) is 112 Å². The summed E-state index contributed by atoms with van der Waals surface area (Å²) >= 11 is 1.65. The van der Waals surface area contributed by atoms with E-state index >= 15 is 0 Å². The van der Waals surface area contributed by atoms with Crippen LogP contribution in [0.5, 0.6) is 0 Å². The molecule has 0 fully saturated rings. The molecule has 0 rings (SSSR count). The Balaban J connectivity index is 4.18. The van der Waals surface area contributed by atoms with Gasteiger partial charge in [-0.05, 0) is 12.8 Å². The van der Waals surface area contributed by atoms with E-state index in [1.807, 2.05) is 0 Å². The van der Waals surface area contributed by atoms with Crippen molar-refractivity contribution < 1.29 is 42.8 Å². The molecular weight excluding hydrogens is 788 g/mol. The van der Waals surface area contributed by atoms with E-state index in [1.54, 1.807) is 11.8 Å². The maximum Gasteiger partial charge on any atom is 0.327 e. The molecule has 0 aromatic heterocycles. The van der Waals surface area contributed by atoms with Crippen LogP contribution in [0, 0.1) is 0 Å². The Kier molecular flexibility index (Phi) is 47.0. The fourth-order valence-electron chi connectivity index (χ4n) is 6.81. The lowest BCUT2D eigenvalue weighted by Gasteiger charge is -2.19. The highest BCUT2D eigenvalue weighted by molar-refractivity contribution is 7.99. The summed E-state index contributed by atoms with van der Waals surface area (Å²) in [6.07, 6.45) is 37.3. The van der Waals surface area contributed by atoms with E-state index in [2.05, 4.69) is 19.2 Å². The number of rotatable bonds is 50. The van der Waals surface area contributed by atoms with Gasteiger partial charge >= 0.3 is 7.60 Å². The van der Waals surface area contributed by atoms with Gasteiger partial charge in [0.25, 0.3) is 0 Å². The largest absolute Gasteiger partial charge is 0.379 e. The van der Waals surface area contributed by atoms with Gasteiger partial charge < -0.3 is 44.5 Å². The van der Waals surface area contributed by atoms with Gasteiger partial charge in [-0.15, -0.1) is 0 Å². The van der Waals surface area contributed by atoms with Crippen molar-refractivity contribution in [3.8, 4) is 0 Å². The summed E-state index contributed by atoms with van der Waals surface area (Å²) in [5.74, 6) is 1.06. The van der Waals surface area contributed by atoms with Crippen molar-refractivity contribution in [2.75, 3.05) is 83.7 Å². The van der Waals surface area contributed by atoms with Crippen LogP contribution in [0.15, 0.2) is 0 Å². The van der Waals surface area contributed by atoms with Crippen molar-refractivity contribution in [1.82, 2.24) is 5.32 Å². The summed E-state index contributed by atoms with van der Waals surface area (Å²) in [6, 6.07) is -0.614. The maximum atomic E-state index is 12.6. The fraction of sp³-hybridized carbons (Fsp3) is 0.978. The molecule has 0 heterocycles. The second-order valence-corrected chi connectivity index (χ2v) is 19.3. The first-order chi connectivity index (χ1) is 28.8. The van der Waals surface area contributed by atoms with Crippen molar-refractivity contribution in [2.45, 2.75) is 206 Å². The van der Waals surface area contributed by atoms with Crippen LogP contribution in [0.1, 0.15) is 194 Å². The van der Waals surface area contributed by atoms with E-state index in [-0.39, 0.29) is 31.4 Å². The Morgan fingerprint density at radius 3 is 1.36 bits per heavy atom. The second kappa shape index (κ2) is 47.2. The van der Waals surface area contributed by atoms with Gasteiger partial charge in [0, 0.05) is 31.3 Å². The van der Waals surface area contributed by atoms with Gasteiger partial charge in [0.2, 0.25) is 5.91 Å². The minimum atomic E-state index is -4.03. The molecule has 0 bridgehead atoms. The predicted octanol–water partition coefficient (Wildman–Crippen LogP) is 10.8. The third-order valence-electron chi connectivity index (χ3n) is 10.6. The molecule has 0 radical (unpaired) electrons. The lowest BCUT2D eigenvalue weighted by molar-refractivity contribution is -0.122. The van der Waals surface area contributed by atoms with Crippen molar-refractivity contribution >= 4 is 25.3 Å². The van der Waals surface area contributed by atoms with Crippen molar-refractivity contribution in [1.29, 1.82) is 0 Å². The third-order valence-corrected chi connectivity index (χ3v) is 12.5. The summed E-state index contributed by atoms with van der Waals surface area (Å²) in [6.45, 7) is 8.65. The van der Waals surface area contributed by atoms with Crippen molar-refractivity contribution in [3.05, 3.63) is 0 Å². The Hall–Kier alpha value is -0.270. The Morgan fingerprint density at radius 1 is 0.525 bits per heavy atom. The van der Waals surface area contributed by atoms with Crippen LogP contribution in [0.25, 0.3) is 0 Å². The van der Waals surface area contributed by atoms with Crippen LogP contribution in [0.2, 0.25) is 0 Å². The van der Waals surface area contributed by atoms with Crippen LogP contribution >= 0.6 is 19.4 Å². The topological polar surface area (TPSA) is 159 Å². The highest BCUT2D eigenvalue weighted by atomic mass is 32.2. The van der Waals surface area contributed by atoms with Crippen molar-refractivity contribution in [3.63, 3.8) is 0 Å². The second-order valence-electron chi connectivity index (χ2n) is 16.4. The maximum absolute atomic E-state index is 12.6. The number of amides is 1. The molecule has 0 saturated heterocycles. The number of unbranched alkanes of at least 4 members (excludes halogenated alkanes) is 26. The Morgan fingerprint density at radius 2 is 0.915 bits per heavy atom. The molecule has 0 aromatic carbocycles. The van der Waals surface area contributed by atoms with Crippen LogP contribution in [0.3, 0.4) is 0 Å². The molecule has 1 amide bonds. The van der Waals surface area contributed by atoms with Gasteiger partial charge in [0.05, 0.1) is 64.6 Å². The molecule has 2 atom stereocenters. The average molecular weight is 883 g/mol. The number of ether oxygens (including phenoxy) is 5. The lowest BCUT2D eigenvalue weighted by Crippen LogP contribution is -2.43. The van der Waals surface area contributed by atoms with E-state index in [0.29, 0.717) is 45.3 Å². The molecule has 0 saturated carbocycles. The number of thioether (sulfide) groups is 1. The molecule has 0 aliphatic rings. The van der Waals surface area contributed by atoms with Gasteiger partial charge in [0.15, 0.2) is 0 Å². The zero-order chi connectivity index (χ0) is 43.2. The smallest absolute Gasteiger partial charge is 0.327 e. The number of hydrogen-bond acceptors (Lipinski definition) is 9. The zero-order valence-corrected chi connectivity index (χ0v) is 40.0. The Bertz CT molecular complexity index is 905. The third kappa shape index (κ3) is 48.6. The first kappa shape index (κ1) is 58.7. The van der Waals surface area contributed by atoms with Crippen LogP contribution in [0.4, 0.5) is 0 Å². The van der Waals surface area contributed by atoms with Gasteiger partial charge in [-0.1, -0.05) is 181 Å². The molecule has 0 spiro atoms. The van der Waals surface area contributed by atoms with Crippen LogP contribution < -0.4 is 11.1 Å². The SMILES string of the molecule is CCCCCCCCCCCCCCCCOC[C@H](CSC[C@@H](N)C(=O)NCCOCCOCCOCCP(=O)(O)O)OCCCCCCCCCCCCCCCC. The van der Waals surface area contributed by atoms with E-state index in [9.17, 15) is 9.36 Å². The van der Waals surface area contributed by atoms with Crippen molar-refractivity contribution in [2.24, 2.45) is 5.73 Å². The number of carbonyl (C=O) groups excluding carboxylic acids is 1. The van der Waals surface area contributed by atoms with E-state index < -0.39 is 13.6 Å². The van der Waals surface area contributed by atoms with Gasteiger partial charge in [-0.3, -0.25) is 9.36 Å². The molecule has 0 unspecified atom stereocenters. The highest BCUT2D eigenvalue weighted by Crippen LogP contribution is 2.33. The molecule has 354 valence electrons. The molecule has 0 aromatic rings. The van der Waals surface area contributed by atoms with Gasteiger partial charge in [-0.25, -0.2) is 0 Å². The first-order valence-electron chi connectivity index (χ1n) is 24.4.